The number of carbonyl (C=O) groups excluding carboxylic acids is 1. The third-order valence-electron chi connectivity index (χ3n) is 2.54. The molecule has 0 saturated heterocycles. The van der Waals surface area contributed by atoms with Crippen LogP contribution in [0.2, 0.25) is 0 Å². The van der Waals surface area contributed by atoms with Gasteiger partial charge >= 0.3 is 0 Å². The van der Waals surface area contributed by atoms with Crippen LogP contribution in [-0.2, 0) is 0 Å². The van der Waals surface area contributed by atoms with E-state index < -0.39 is 17.5 Å². The molecule has 3 N–H and O–H groups in total. The van der Waals surface area contributed by atoms with E-state index in [-0.39, 0.29) is 24.4 Å². The lowest BCUT2D eigenvalue weighted by Gasteiger charge is -2.20. The van der Waals surface area contributed by atoms with E-state index in [1.54, 1.807) is 6.92 Å². The Labute approximate surface area is 109 Å². The van der Waals surface area contributed by atoms with E-state index in [2.05, 4.69) is 5.16 Å². The maximum atomic E-state index is 13.0. The first-order valence-electron chi connectivity index (χ1n) is 5.69. The summed E-state index contributed by atoms with van der Waals surface area (Å²) in [4.78, 5) is 13.4. The predicted octanol–water partition coefficient (Wildman–Crippen LogP) is 1.56. The molecule has 0 aliphatic rings. The predicted molar refractivity (Wildman–Crippen MR) is 66.0 cm³/mol. The van der Waals surface area contributed by atoms with E-state index in [1.807, 2.05) is 0 Å². The van der Waals surface area contributed by atoms with Crippen LogP contribution in [0.1, 0.15) is 23.7 Å². The number of oxime groups is 1. The molecule has 1 aromatic carbocycles. The zero-order valence-electron chi connectivity index (χ0n) is 10.4. The highest BCUT2D eigenvalue weighted by atomic mass is 19.1. The fraction of sp³-hybridized carbons (Fsp3) is 0.333. The van der Waals surface area contributed by atoms with Crippen molar-refractivity contribution in [2.45, 2.75) is 13.3 Å². The van der Waals surface area contributed by atoms with Gasteiger partial charge in [-0.2, -0.15) is 0 Å². The quantitative estimate of drug-likeness (QED) is 0.369. The summed E-state index contributed by atoms with van der Waals surface area (Å²) in [6.07, 6.45) is 0.174. The van der Waals surface area contributed by atoms with Crippen molar-refractivity contribution in [1.29, 1.82) is 0 Å². The van der Waals surface area contributed by atoms with Crippen molar-refractivity contribution in [3.8, 4) is 0 Å². The molecule has 0 spiro atoms. The van der Waals surface area contributed by atoms with Crippen LogP contribution in [-0.4, -0.2) is 34.9 Å². The van der Waals surface area contributed by atoms with E-state index in [4.69, 9.17) is 10.9 Å². The van der Waals surface area contributed by atoms with Gasteiger partial charge in [-0.3, -0.25) is 4.79 Å². The van der Waals surface area contributed by atoms with Crippen LogP contribution in [0.15, 0.2) is 23.4 Å². The van der Waals surface area contributed by atoms with Crippen LogP contribution in [0.5, 0.6) is 0 Å². The Morgan fingerprint density at radius 3 is 2.42 bits per heavy atom. The first-order chi connectivity index (χ1) is 8.97. The lowest BCUT2D eigenvalue weighted by molar-refractivity contribution is 0.0767. The van der Waals surface area contributed by atoms with Gasteiger partial charge in [-0.15, -0.1) is 0 Å². The molecule has 0 atom stereocenters. The van der Waals surface area contributed by atoms with Crippen LogP contribution >= 0.6 is 0 Å². The van der Waals surface area contributed by atoms with E-state index >= 15 is 0 Å². The number of amidine groups is 1. The molecule has 0 radical (unpaired) electrons. The van der Waals surface area contributed by atoms with Crippen LogP contribution in [0.4, 0.5) is 8.78 Å². The summed E-state index contributed by atoms with van der Waals surface area (Å²) in [6, 6.07) is 2.64. The average Bonchev–Trinajstić information content (AvgIpc) is 2.37. The summed E-state index contributed by atoms with van der Waals surface area (Å²) in [5.41, 5.74) is 5.23. The lowest BCUT2D eigenvalue weighted by Crippen LogP contribution is -2.34. The summed E-state index contributed by atoms with van der Waals surface area (Å²) in [6.45, 7) is 2.26. The number of benzene rings is 1. The molecule has 104 valence electrons. The van der Waals surface area contributed by atoms with E-state index in [1.165, 1.54) is 4.90 Å². The Kier molecular flexibility index (Phi) is 5.23. The van der Waals surface area contributed by atoms with Gasteiger partial charge in [0.05, 0.1) is 0 Å². The fourth-order valence-electron chi connectivity index (χ4n) is 1.56. The number of hydrogen-bond donors (Lipinski definition) is 2. The zero-order valence-corrected chi connectivity index (χ0v) is 10.4. The minimum Gasteiger partial charge on any atom is -0.409 e. The molecule has 5 nitrogen and oxygen atoms in total. The number of amides is 1. The largest absolute Gasteiger partial charge is 0.409 e. The molecule has 7 heteroatoms. The topological polar surface area (TPSA) is 78.9 Å². The molecule has 19 heavy (non-hydrogen) atoms. The Morgan fingerprint density at radius 1 is 1.37 bits per heavy atom. The molecule has 0 aromatic heterocycles. The number of nitrogens with zero attached hydrogens (tertiary/aromatic N) is 2. The number of rotatable bonds is 5. The van der Waals surface area contributed by atoms with Crippen LogP contribution in [0.25, 0.3) is 0 Å². The van der Waals surface area contributed by atoms with Crippen molar-refractivity contribution in [2.75, 3.05) is 13.1 Å². The van der Waals surface area contributed by atoms with Crippen molar-refractivity contribution in [1.82, 2.24) is 4.90 Å². The first-order valence-corrected chi connectivity index (χ1v) is 5.69. The number of nitrogens with two attached hydrogens (primary N) is 1. The van der Waals surface area contributed by atoms with Crippen molar-refractivity contribution >= 4 is 11.7 Å². The molecule has 1 rings (SSSR count). The maximum absolute atomic E-state index is 13.0. The molecule has 0 aliphatic heterocycles. The van der Waals surface area contributed by atoms with Gasteiger partial charge in [-0.05, 0) is 19.1 Å². The molecule has 1 amide bonds. The molecular weight excluding hydrogens is 256 g/mol. The maximum Gasteiger partial charge on any atom is 0.254 e. The van der Waals surface area contributed by atoms with Gasteiger partial charge in [0.2, 0.25) is 0 Å². The van der Waals surface area contributed by atoms with Crippen molar-refractivity contribution in [2.24, 2.45) is 10.9 Å². The minimum absolute atomic E-state index is 0.0170. The molecule has 0 unspecified atom stereocenters. The Bertz CT molecular complexity index is 472. The van der Waals surface area contributed by atoms with Gasteiger partial charge in [0.15, 0.2) is 0 Å². The number of hydrogen-bond acceptors (Lipinski definition) is 3. The average molecular weight is 271 g/mol. The van der Waals surface area contributed by atoms with Crippen LogP contribution in [0, 0.1) is 11.6 Å². The fourth-order valence-corrected chi connectivity index (χ4v) is 1.56. The highest BCUT2D eigenvalue weighted by Crippen LogP contribution is 2.11. The van der Waals surface area contributed by atoms with Gasteiger partial charge in [0.1, 0.15) is 17.5 Å². The molecule has 0 heterocycles. The Hall–Kier alpha value is -2.18. The monoisotopic (exact) mass is 271 g/mol. The molecule has 1 aromatic rings. The standard InChI is InChI=1S/C12H15F2N3O2/c1-2-17(4-3-11(15)16-19)12(18)8-5-9(13)7-10(14)6-8/h5-7,19H,2-4H2,1H3,(H2,15,16). The second-order valence-corrected chi connectivity index (χ2v) is 3.88. The summed E-state index contributed by atoms with van der Waals surface area (Å²) in [5.74, 6) is -2.14. The smallest absolute Gasteiger partial charge is 0.254 e. The van der Waals surface area contributed by atoms with E-state index in [0.717, 1.165) is 12.1 Å². The van der Waals surface area contributed by atoms with Gasteiger partial charge in [-0.1, -0.05) is 5.16 Å². The minimum atomic E-state index is -0.809. The van der Waals surface area contributed by atoms with E-state index in [9.17, 15) is 13.6 Å². The molecule has 0 saturated carbocycles. The summed E-state index contributed by atoms with van der Waals surface area (Å²) < 4.78 is 26.1. The van der Waals surface area contributed by atoms with Crippen LogP contribution in [0.3, 0.4) is 0 Å². The molecule has 0 aliphatic carbocycles. The summed E-state index contributed by atoms with van der Waals surface area (Å²) in [7, 11) is 0. The molecule has 0 fully saturated rings. The number of halogens is 2. The summed E-state index contributed by atoms with van der Waals surface area (Å²) in [5, 5.41) is 11.2. The third kappa shape index (κ3) is 4.20. The molecular formula is C12H15F2N3O2. The van der Waals surface area contributed by atoms with Crippen molar-refractivity contribution < 1.29 is 18.8 Å². The number of carbonyl (C=O) groups is 1. The Balaban J connectivity index is 2.83. The second kappa shape index (κ2) is 6.67. The lowest BCUT2D eigenvalue weighted by atomic mass is 10.2. The van der Waals surface area contributed by atoms with Crippen LogP contribution < -0.4 is 5.73 Å². The third-order valence-corrected chi connectivity index (χ3v) is 2.54. The van der Waals surface area contributed by atoms with Crippen molar-refractivity contribution in [3.05, 3.63) is 35.4 Å². The van der Waals surface area contributed by atoms with Gasteiger partial charge in [-0.25, -0.2) is 8.78 Å². The van der Waals surface area contributed by atoms with Gasteiger partial charge in [0, 0.05) is 31.1 Å². The van der Waals surface area contributed by atoms with Gasteiger partial charge < -0.3 is 15.8 Å². The summed E-state index contributed by atoms with van der Waals surface area (Å²) >= 11 is 0. The second-order valence-electron chi connectivity index (χ2n) is 3.88. The molecule has 0 bridgehead atoms. The zero-order chi connectivity index (χ0) is 14.4. The Morgan fingerprint density at radius 2 is 1.95 bits per heavy atom. The van der Waals surface area contributed by atoms with Crippen molar-refractivity contribution in [3.63, 3.8) is 0 Å². The highest BCUT2D eigenvalue weighted by molar-refractivity contribution is 5.94. The van der Waals surface area contributed by atoms with E-state index in [0.29, 0.717) is 12.6 Å². The normalized spacial score (nSPS) is 11.4. The van der Waals surface area contributed by atoms with Gasteiger partial charge in [0.25, 0.3) is 5.91 Å². The highest BCUT2D eigenvalue weighted by Gasteiger charge is 2.16. The first kappa shape index (κ1) is 14.9. The SMILES string of the molecule is CCN(CCC(N)=NO)C(=O)c1cc(F)cc(F)c1.